The molecule has 1 aliphatic rings. The Kier molecular flexibility index (Phi) is 4.20. The normalized spacial score (nSPS) is 17.5. The fourth-order valence-electron chi connectivity index (χ4n) is 2.38. The number of hydrogen-bond donors (Lipinski definition) is 2. The second kappa shape index (κ2) is 5.54. The lowest BCUT2D eigenvalue weighted by Crippen LogP contribution is -2.49. The van der Waals surface area contributed by atoms with Crippen LogP contribution in [0.3, 0.4) is 0 Å². The molecule has 19 heavy (non-hydrogen) atoms. The van der Waals surface area contributed by atoms with Crippen LogP contribution >= 0.6 is 15.9 Å². The molecular formula is C13H14BrF2NO2. The van der Waals surface area contributed by atoms with Crippen molar-refractivity contribution in [3.05, 3.63) is 33.8 Å². The number of carbonyl (C=O) groups excluding carboxylic acids is 1. The molecule has 0 heterocycles. The van der Waals surface area contributed by atoms with Crippen LogP contribution in [0.4, 0.5) is 8.78 Å². The first-order chi connectivity index (χ1) is 8.97. The van der Waals surface area contributed by atoms with Crippen molar-refractivity contribution >= 4 is 21.8 Å². The first-order valence-corrected chi connectivity index (χ1v) is 6.85. The standard InChI is InChI=1S/C13H14BrF2NO2/c14-9-6-11(16)10(15)5-8(9)12(19)17-13(7-18)3-1-2-4-13/h5-6,18H,1-4,7H2,(H,17,19). The smallest absolute Gasteiger partial charge is 0.253 e. The van der Waals surface area contributed by atoms with Gasteiger partial charge in [0.2, 0.25) is 0 Å². The van der Waals surface area contributed by atoms with Crippen LogP contribution in [0.5, 0.6) is 0 Å². The van der Waals surface area contributed by atoms with E-state index in [0.717, 1.165) is 25.0 Å². The molecule has 0 saturated heterocycles. The summed E-state index contributed by atoms with van der Waals surface area (Å²) in [6.45, 7) is -0.153. The third-order valence-corrected chi connectivity index (χ3v) is 4.15. The number of carbonyl (C=O) groups is 1. The minimum absolute atomic E-state index is 0.0265. The molecular weight excluding hydrogens is 320 g/mol. The van der Waals surface area contributed by atoms with Crippen molar-refractivity contribution < 1.29 is 18.7 Å². The van der Waals surface area contributed by atoms with Crippen LogP contribution in [0.25, 0.3) is 0 Å². The zero-order valence-electron chi connectivity index (χ0n) is 10.2. The van der Waals surface area contributed by atoms with Crippen molar-refractivity contribution in [1.29, 1.82) is 0 Å². The lowest BCUT2D eigenvalue weighted by molar-refractivity contribution is 0.0837. The molecule has 1 fully saturated rings. The highest BCUT2D eigenvalue weighted by Crippen LogP contribution is 2.30. The van der Waals surface area contributed by atoms with E-state index in [0.29, 0.717) is 12.8 Å². The van der Waals surface area contributed by atoms with Gasteiger partial charge in [0.25, 0.3) is 5.91 Å². The molecule has 0 atom stereocenters. The summed E-state index contributed by atoms with van der Waals surface area (Å²) in [5, 5.41) is 12.2. The van der Waals surface area contributed by atoms with Crippen molar-refractivity contribution in [1.82, 2.24) is 5.32 Å². The molecule has 3 nitrogen and oxygen atoms in total. The van der Waals surface area contributed by atoms with Gasteiger partial charge in [0.15, 0.2) is 11.6 Å². The van der Waals surface area contributed by atoms with Gasteiger partial charge in [-0.05, 0) is 40.9 Å². The molecule has 0 bridgehead atoms. The van der Waals surface area contributed by atoms with Crippen LogP contribution in [0.1, 0.15) is 36.0 Å². The van der Waals surface area contributed by atoms with E-state index in [2.05, 4.69) is 21.2 Å². The Morgan fingerprint density at radius 2 is 1.89 bits per heavy atom. The number of benzene rings is 1. The summed E-state index contributed by atoms with van der Waals surface area (Å²) < 4.78 is 26.4. The van der Waals surface area contributed by atoms with Crippen LogP contribution < -0.4 is 5.32 Å². The number of nitrogens with one attached hydrogen (secondary N) is 1. The average Bonchev–Trinajstić information content (AvgIpc) is 2.83. The molecule has 2 N–H and O–H groups in total. The van der Waals surface area contributed by atoms with Crippen LogP contribution in [0.15, 0.2) is 16.6 Å². The van der Waals surface area contributed by atoms with E-state index >= 15 is 0 Å². The number of aliphatic hydroxyl groups is 1. The van der Waals surface area contributed by atoms with E-state index in [1.54, 1.807) is 0 Å². The van der Waals surface area contributed by atoms with Crippen LogP contribution in [0.2, 0.25) is 0 Å². The van der Waals surface area contributed by atoms with Crippen molar-refractivity contribution in [3.63, 3.8) is 0 Å². The van der Waals surface area contributed by atoms with Gasteiger partial charge in [0.1, 0.15) is 0 Å². The fraction of sp³-hybridized carbons (Fsp3) is 0.462. The van der Waals surface area contributed by atoms with E-state index in [1.807, 2.05) is 0 Å². The molecule has 1 aromatic rings. The Hall–Kier alpha value is -1.01. The maximum Gasteiger partial charge on any atom is 0.253 e. The highest BCUT2D eigenvalue weighted by molar-refractivity contribution is 9.10. The maximum atomic E-state index is 13.2. The monoisotopic (exact) mass is 333 g/mol. The third kappa shape index (κ3) is 2.95. The molecule has 0 radical (unpaired) electrons. The molecule has 1 aromatic carbocycles. The summed E-state index contributed by atoms with van der Waals surface area (Å²) >= 11 is 3.04. The van der Waals surface area contributed by atoms with Gasteiger partial charge in [-0.15, -0.1) is 0 Å². The van der Waals surface area contributed by atoms with Gasteiger partial charge in [-0.25, -0.2) is 8.78 Å². The number of aliphatic hydroxyl groups excluding tert-OH is 1. The average molecular weight is 334 g/mol. The Labute approximate surface area is 118 Å². The first kappa shape index (κ1) is 14.4. The number of hydrogen-bond acceptors (Lipinski definition) is 2. The number of rotatable bonds is 3. The van der Waals surface area contributed by atoms with Gasteiger partial charge in [-0.3, -0.25) is 4.79 Å². The van der Waals surface area contributed by atoms with Gasteiger partial charge in [0.05, 0.1) is 17.7 Å². The van der Waals surface area contributed by atoms with Gasteiger partial charge >= 0.3 is 0 Å². The van der Waals surface area contributed by atoms with Gasteiger partial charge in [0, 0.05) is 4.47 Å². The third-order valence-electron chi connectivity index (χ3n) is 3.50. The summed E-state index contributed by atoms with van der Waals surface area (Å²) in [6.07, 6.45) is 3.24. The summed E-state index contributed by atoms with van der Waals surface area (Å²) in [6, 6.07) is 1.78. The van der Waals surface area contributed by atoms with E-state index < -0.39 is 23.1 Å². The highest BCUT2D eigenvalue weighted by atomic mass is 79.9. The lowest BCUT2D eigenvalue weighted by Gasteiger charge is -2.28. The molecule has 1 amide bonds. The zero-order chi connectivity index (χ0) is 14.0. The fourth-order valence-corrected chi connectivity index (χ4v) is 2.87. The lowest BCUT2D eigenvalue weighted by atomic mass is 9.98. The Bertz CT molecular complexity index is 502. The topological polar surface area (TPSA) is 49.3 Å². The predicted octanol–water partition coefficient (Wildman–Crippen LogP) is 2.76. The van der Waals surface area contributed by atoms with Crippen LogP contribution in [-0.2, 0) is 0 Å². The van der Waals surface area contributed by atoms with Crippen molar-refractivity contribution in [2.75, 3.05) is 6.61 Å². The van der Waals surface area contributed by atoms with E-state index in [-0.39, 0.29) is 16.6 Å². The van der Waals surface area contributed by atoms with Gasteiger partial charge in [-0.2, -0.15) is 0 Å². The van der Waals surface area contributed by atoms with Crippen molar-refractivity contribution in [2.45, 2.75) is 31.2 Å². The van der Waals surface area contributed by atoms with E-state index in [9.17, 15) is 18.7 Å². The van der Waals surface area contributed by atoms with Gasteiger partial charge < -0.3 is 10.4 Å². The SMILES string of the molecule is O=C(NC1(CO)CCCC1)c1cc(F)c(F)cc1Br. The summed E-state index contributed by atoms with van der Waals surface area (Å²) in [5.41, 5.74) is -0.611. The minimum atomic E-state index is -1.07. The van der Waals surface area contributed by atoms with Crippen LogP contribution in [-0.4, -0.2) is 23.2 Å². The number of amides is 1. The molecule has 104 valence electrons. The second-order valence-electron chi connectivity index (χ2n) is 4.85. The Morgan fingerprint density at radius 1 is 1.32 bits per heavy atom. The molecule has 6 heteroatoms. The molecule has 2 rings (SSSR count). The van der Waals surface area contributed by atoms with Crippen LogP contribution in [0, 0.1) is 11.6 Å². The van der Waals surface area contributed by atoms with E-state index in [4.69, 9.17) is 0 Å². The Balaban J connectivity index is 2.22. The van der Waals surface area contributed by atoms with E-state index in [1.165, 1.54) is 0 Å². The van der Waals surface area contributed by atoms with Crippen molar-refractivity contribution in [2.24, 2.45) is 0 Å². The highest BCUT2D eigenvalue weighted by Gasteiger charge is 2.35. The minimum Gasteiger partial charge on any atom is -0.394 e. The summed E-state index contributed by atoms with van der Waals surface area (Å²) in [7, 11) is 0. The molecule has 1 saturated carbocycles. The molecule has 1 aliphatic carbocycles. The summed E-state index contributed by atoms with van der Waals surface area (Å²) in [5.74, 6) is -2.60. The first-order valence-electron chi connectivity index (χ1n) is 6.05. The molecule has 0 unspecified atom stereocenters. The number of halogens is 3. The second-order valence-corrected chi connectivity index (χ2v) is 5.70. The molecule has 0 spiro atoms. The molecule has 0 aliphatic heterocycles. The zero-order valence-corrected chi connectivity index (χ0v) is 11.8. The quantitative estimate of drug-likeness (QED) is 0.835. The predicted molar refractivity (Wildman–Crippen MR) is 69.8 cm³/mol. The maximum absolute atomic E-state index is 13.2. The summed E-state index contributed by atoms with van der Waals surface area (Å²) in [4.78, 5) is 12.1. The molecule has 0 aromatic heterocycles. The Morgan fingerprint density at radius 3 is 2.47 bits per heavy atom. The van der Waals surface area contributed by atoms with Crippen molar-refractivity contribution in [3.8, 4) is 0 Å². The largest absolute Gasteiger partial charge is 0.394 e. The van der Waals surface area contributed by atoms with Gasteiger partial charge in [-0.1, -0.05) is 12.8 Å².